The predicted octanol–water partition coefficient (Wildman–Crippen LogP) is 3.11. The van der Waals surface area contributed by atoms with Crippen molar-refractivity contribution in [2.24, 2.45) is 0 Å². The third-order valence-corrected chi connectivity index (χ3v) is 5.99. The Kier molecular flexibility index (Phi) is 5.86. The number of hydrogen-bond acceptors (Lipinski definition) is 3. The first kappa shape index (κ1) is 20.2. The van der Waals surface area contributed by atoms with Gasteiger partial charge in [0, 0.05) is 49.0 Å². The van der Waals surface area contributed by atoms with E-state index in [0.717, 1.165) is 33.3 Å². The van der Waals surface area contributed by atoms with E-state index in [0.29, 0.717) is 39.1 Å². The van der Waals surface area contributed by atoms with E-state index in [1.165, 1.54) is 0 Å². The summed E-state index contributed by atoms with van der Waals surface area (Å²) in [7, 11) is 0. The number of hydrogen-bond donors (Lipinski definition) is 2. The molecule has 1 aromatic heterocycles. The molecule has 0 unspecified atom stereocenters. The topological polar surface area (TPSA) is 68.4 Å². The van der Waals surface area contributed by atoms with Crippen LogP contribution in [0.1, 0.15) is 16.7 Å². The Labute approximate surface area is 176 Å². The number of rotatable bonds is 5. The molecule has 1 fully saturated rings. The van der Waals surface area contributed by atoms with E-state index in [1.807, 2.05) is 67.4 Å². The van der Waals surface area contributed by atoms with Crippen molar-refractivity contribution >= 4 is 28.4 Å². The highest BCUT2D eigenvalue weighted by molar-refractivity contribution is 5.93. The van der Waals surface area contributed by atoms with Gasteiger partial charge in [0.15, 0.2) is 0 Å². The minimum absolute atomic E-state index is 0.0118. The van der Waals surface area contributed by atoms with Gasteiger partial charge in [0.05, 0.1) is 13.0 Å². The van der Waals surface area contributed by atoms with E-state index < -0.39 is 0 Å². The van der Waals surface area contributed by atoms with Gasteiger partial charge in [-0.3, -0.25) is 14.5 Å². The average Bonchev–Trinajstić information content (AvgIpc) is 3.15. The summed E-state index contributed by atoms with van der Waals surface area (Å²) < 4.78 is 0. The molecule has 1 aliphatic heterocycles. The molecule has 2 aromatic carbocycles. The molecule has 1 saturated heterocycles. The Morgan fingerprint density at radius 1 is 1.00 bits per heavy atom. The van der Waals surface area contributed by atoms with Gasteiger partial charge in [0.25, 0.3) is 0 Å². The van der Waals surface area contributed by atoms with E-state index in [4.69, 9.17) is 0 Å². The van der Waals surface area contributed by atoms with Crippen LogP contribution in [0.15, 0.2) is 48.7 Å². The number of aryl methyl sites for hydroxylation is 1. The Bertz CT molecular complexity index is 1060. The number of H-pyrrole nitrogens is 1. The SMILES string of the molecule is Cc1cccc(NC(=O)CN2CCN(C(=O)Cc3c[nH]c4ccccc34)CC2)c1C. The zero-order chi connectivity index (χ0) is 21.1. The van der Waals surface area contributed by atoms with Gasteiger partial charge in [0.2, 0.25) is 11.8 Å². The highest BCUT2D eigenvalue weighted by Crippen LogP contribution is 2.20. The molecule has 3 aromatic rings. The van der Waals surface area contributed by atoms with Crippen molar-refractivity contribution in [3.63, 3.8) is 0 Å². The largest absolute Gasteiger partial charge is 0.361 e. The Morgan fingerprint density at radius 2 is 1.77 bits per heavy atom. The Balaban J connectivity index is 1.27. The van der Waals surface area contributed by atoms with Crippen LogP contribution < -0.4 is 5.32 Å². The van der Waals surface area contributed by atoms with Crippen LogP contribution in [-0.2, 0) is 16.0 Å². The van der Waals surface area contributed by atoms with Gasteiger partial charge in [-0.15, -0.1) is 0 Å². The quantitative estimate of drug-likeness (QED) is 0.687. The number of nitrogens with zero attached hydrogens (tertiary/aromatic N) is 2. The first-order valence-electron chi connectivity index (χ1n) is 10.4. The number of benzene rings is 2. The summed E-state index contributed by atoms with van der Waals surface area (Å²) in [6, 6.07) is 14.0. The standard InChI is InChI=1S/C24H28N4O2/c1-17-6-5-9-21(18(17)2)26-23(29)16-27-10-12-28(13-11-27)24(30)14-19-15-25-22-8-4-3-7-20(19)22/h3-9,15,25H,10-14,16H2,1-2H3,(H,26,29). The fourth-order valence-electron chi connectivity index (χ4n) is 3.99. The molecule has 2 N–H and O–H groups in total. The lowest BCUT2D eigenvalue weighted by atomic mass is 10.1. The zero-order valence-corrected chi connectivity index (χ0v) is 17.6. The van der Waals surface area contributed by atoms with Gasteiger partial charge >= 0.3 is 0 Å². The van der Waals surface area contributed by atoms with Crippen LogP contribution in [0, 0.1) is 13.8 Å². The normalized spacial score (nSPS) is 14.8. The van der Waals surface area contributed by atoms with Crippen LogP contribution >= 0.6 is 0 Å². The van der Waals surface area contributed by atoms with Crippen LogP contribution in [0.5, 0.6) is 0 Å². The summed E-state index contributed by atoms with van der Waals surface area (Å²) in [4.78, 5) is 32.5. The van der Waals surface area contributed by atoms with Gasteiger partial charge in [-0.25, -0.2) is 0 Å². The maximum Gasteiger partial charge on any atom is 0.238 e. The number of carbonyl (C=O) groups is 2. The van der Waals surface area contributed by atoms with Gasteiger partial charge in [0.1, 0.15) is 0 Å². The molecule has 1 aliphatic rings. The molecule has 0 atom stereocenters. The molecule has 2 heterocycles. The van der Waals surface area contributed by atoms with E-state index in [2.05, 4.69) is 15.2 Å². The molecule has 2 amide bonds. The lowest BCUT2D eigenvalue weighted by Crippen LogP contribution is -2.50. The van der Waals surface area contributed by atoms with Crippen molar-refractivity contribution < 1.29 is 9.59 Å². The minimum Gasteiger partial charge on any atom is -0.361 e. The van der Waals surface area contributed by atoms with Crippen molar-refractivity contribution in [2.45, 2.75) is 20.3 Å². The summed E-state index contributed by atoms with van der Waals surface area (Å²) in [5, 5.41) is 4.12. The van der Waals surface area contributed by atoms with E-state index in [9.17, 15) is 9.59 Å². The minimum atomic E-state index is -0.0118. The van der Waals surface area contributed by atoms with Gasteiger partial charge in [-0.05, 0) is 42.7 Å². The maximum absolute atomic E-state index is 12.8. The third-order valence-electron chi connectivity index (χ3n) is 5.99. The zero-order valence-electron chi connectivity index (χ0n) is 17.6. The van der Waals surface area contributed by atoms with Crippen LogP contribution in [-0.4, -0.2) is 59.3 Å². The second-order valence-corrected chi connectivity index (χ2v) is 7.99. The molecule has 0 saturated carbocycles. The second kappa shape index (κ2) is 8.71. The monoisotopic (exact) mass is 404 g/mol. The summed E-state index contributed by atoms with van der Waals surface area (Å²) in [5.41, 5.74) is 5.21. The van der Waals surface area contributed by atoms with Crippen LogP contribution in [0.3, 0.4) is 0 Å². The van der Waals surface area contributed by atoms with Crippen molar-refractivity contribution in [3.05, 3.63) is 65.4 Å². The van der Waals surface area contributed by atoms with Crippen molar-refractivity contribution in [1.29, 1.82) is 0 Å². The van der Waals surface area contributed by atoms with Gasteiger partial charge < -0.3 is 15.2 Å². The van der Waals surface area contributed by atoms with Crippen LogP contribution in [0.25, 0.3) is 10.9 Å². The summed E-state index contributed by atoms with van der Waals surface area (Å²) >= 11 is 0. The molecule has 30 heavy (non-hydrogen) atoms. The number of para-hydroxylation sites is 1. The molecular formula is C24H28N4O2. The number of aromatic amines is 1. The number of fused-ring (bicyclic) bond motifs is 1. The first-order chi connectivity index (χ1) is 14.5. The van der Waals surface area contributed by atoms with Gasteiger partial charge in [-0.2, -0.15) is 0 Å². The Morgan fingerprint density at radius 3 is 2.57 bits per heavy atom. The number of amides is 2. The number of carbonyl (C=O) groups excluding carboxylic acids is 2. The molecular weight excluding hydrogens is 376 g/mol. The molecule has 6 nitrogen and oxygen atoms in total. The Hall–Kier alpha value is -3.12. The summed E-state index contributed by atoms with van der Waals surface area (Å²) in [6.07, 6.45) is 2.33. The van der Waals surface area contributed by atoms with E-state index in [-0.39, 0.29) is 11.8 Å². The lowest BCUT2D eigenvalue weighted by molar-refractivity contribution is -0.132. The van der Waals surface area contributed by atoms with Crippen molar-refractivity contribution in [1.82, 2.24) is 14.8 Å². The van der Waals surface area contributed by atoms with Gasteiger partial charge in [-0.1, -0.05) is 30.3 Å². The van der Waals surface area contributed by atoms with Crippen molar-refractivity contribution in [3.8, 4) is 0 Å². The third kappa shape index (κ3) is 4.39. The molecule has 6 heteroatoms. The summed E-state index contributed by atoms with van der Waals surface area (Å²) in [6.45, 7) is 7.12. The number of anilines is 1. The lowest BCUT2D eigenvalue weighted by Gasteiger charge is -2.34. The fourth-order valence-corrected chi connectivity index (χ4v) is 3.99. The first-order valence-corrected chi connectivity index (χ1v) is 10.4. The number of nitrogens with one attached hydrogen (secondary N) is 2. The summed E-state index contributed by atoms with van der Waals surface area (Å²) in [5.74, 6) is 0.126. The molecule has 0 aliphatic carbocycles. The molecule has 156 valence electrons. The molecule has 0 spiro atoms. The van der Waals surface area contributed by atoms with E-state index in [1.54, 1.807) is 0 Å². The average molecular weight is 405 g/mol. The number of aromatic nitrogens is 1. The highest BCUT2D eigenvalue weighted by atomic mass is 16.2. The fraction of sp³-hybridized carbons (Fsp3) is 0.333. The molecule has 0 radical (unpaired) electrons. The smallest absolute Gasteiger partial charge is 0.238 e. The molecule has 4 rings (SSSR count). The predicted molar refractivity (Wildman–Crippen MR) is 120 cm³/mol. The maximum atomic E-state index is 12.8. The number of piperazine rings is 1. The van der Waals surface area contributed by atoms with Crippen LogP contribution in [0.2, 0.25) is 0 Å². The van der Waals surface area contributed by atoms with Crippen molar-refractivity contribution in [2.75, 3.05) is 38.0 Å². The molecule has 0 bridgehead atoms. The highest BCUT2D eigenvalue weighted by Gasteiger charge is 2.23. The second-order valence-electron chi connectivity index (χ2n) is 7.99. The van der Waals surface area contributed by atoms with E-state index >= 15 is 0 Å². The van der Waals surface area contributed by atoms with Crippen LogP contribution in [0.4, 0.5) is 5.69 Å².